The first-order valence-electron chi connectivity index (χ1n) is 14.8. The topological polar surface area (TPSA) is 137 Å². The average Bonchev–Trinajstić information content (AvgIpc) is 2.96. The van der Waals surface area contributed by atoms with Crippen LogP contribution in [0.15, 0.2) is 66.7 Å². The van der Waals surface area contributed by atoms with Gasteiger partial charge in [0.25, 0.3) is 0 Å². The van der Waals surface area contributed by atoms with Crippen LogP contribution in [0.1, 0.15) is 85.4 Å². The number of aromatic carboxylic acids is 1. The Bertz CT molecular complexity index is 1560. The molecule has 0 unspecified atom stereocenters. The molecule has 0 bridgehead atoms. The number of carbonyl (C=O) groups is 4. The van der Waals surface area contributed by atoms with Crippen LogP contribution in [0.3, 0.4) is 0 Å². The summed E-state index contributed by atoms with van der Waals surface area (Å²) in [6.07, 6.45) is 3.36. The molecule has 0 radical (unpaired) electrons. The molecule has 244 valence electrons. The van der Waals surface area contributed by atoms with Gasteiger partial charge in [-0.3, -0.25) is 10.1 Å². The molecule has 3 rings (SSSR count). The zero-order valence-corrected chi connectivity index (χ0v) is 27.0. The van der Waals surface area contributed by atoms with Crippen LogP contribution in [-0.4, -0.2) is 47.2 Å². The van der Waals surface area contributed by atoms with Gasteiger partial charge in [0.2, 0.25) is 0 Å². The number of rotatable bonds is 13. The van der Waals surface area contributed by atoms with Crippen molar-refractivity contribution in [3.05, 3.63) is 94.6 Å². The molecule has 1 amide bonds. The maximum Gasteiger partial charge on any atom is 0.412 e. The summed E-state index contributed by atoms with van der Waals surface area (Å²) >= 11 is 0. The van der Waals surface area contributed by atoms with Crippen LogP contribution in [-0.2, 0) is 27.3 Å². The highest BCUT2D eigenvalue weighted by molar-refractivity contribution is 5.93. The van der Waals surface area contributed by atoms with Crippen molar-refractivity contribution in [2.45, 2.75) is 72.2 Å². The number of carboxylic acid groups (broad SMARTS) is 1. The Kier molecular flexibility index (Phi) is 12.1. The molecular weight excluding hydrogens is 590 g/mol. The minimum Gasteiger partial charge on any atom is -0.489 e. The Balaban J connectivity index is 1.82. The van der Waals surface area contributed by atoms with Crippen molar-refractivity contribution in [1.29, 1.82) is 0 Å². The van der Waals surface area contributed by atoms with Crippen molar-refractivity contribution in [1.82, 2.24) is 0 Å². The van der Waals surface area contributed by atoms with Crippen molar-refractivity contribution in [3.63, 3.8) is 0 Å². The fourth-order valence-electron chi connectivity index (χ4n) is 4.30. The van der Waals surface area contributed by atoms with E-state index in [0.717, 1.165) is 5.56 Å². The summed E-state index contributed by atoms with van der Waals surface area (Å²) < 4.78 is 22.8. The van der Waals surface area contributed by atoms with Crippen LogP contribution < -0.4 is 14.8 Å². The van der Waals surface area contributed by atoms with Crippen molar-refractivity contribution in [2.75, 3.05) is 11.9 Å². The first-order chi connectivity index (χ1) is 21.6. The molecule has 46 heavy (non-hydrogen) atoms. The molecule has 0 aliphatic rings. The molecule has 0 aliphatic heterocycles. The van der Waals surface area contributed by atoms with Gasteiger partial charge in [-0.1, -0.05) is 36.4 Å². The molecular formula is C36H41NO9. The lowest BCUT2D eigenvalue weighted by atomic mass is 10.0. The van der Waals surface area contributed by atoms with E-state index in [1.807, 2.05) is 30.3 Å². The number of hydrogen-bond acceptors (Lipinski definition) is 8. The summed E-state index contributed by atoms with van der Waals surface area (Å²) in [5.41, 5.74) is 1.11. The molecule has 3 aromatic carbocycles. The van der Waals surface area contributed by atoms with Crippen molar-refractivity contribution >= 4 is 36.1 Å². The lowest BCUT2D eigenvalue weighted by Gasteiger charge is -2.20. The van der Waals surface area contributed by atoms with E-state index in [9.17, 15) is 24.3 Å². The number of carboxylic acids is 1. The molecule has 0 spiro atoms. The van der Waals surface area contributed by atoms with Gasteiger partial charge in [-0.05, 0) is 101 Å². The number of benzene rings is 3. The third kappa shape index (κ3) is 11.4. The van der Waals surface area contributed by atoms with Crippen LogP contribution in [0.25, 0.3) is 6.08 Å². The Morgan fingerprint density at radius 1 is 0.870 bits per heavy atom. The highest BCUT2D eigenvalue weighted by atomic mass is 16.6. The first-order valence-corrected chi connectivity index (χ1v) is 14.8. The minimum absolute atomic E-state index is 0.0875. The Morgan fingerprint density at radius 2 is 1.57 bits per heavy atom. The number of hydrogen-bond donors (Lipinski definition) is 2. The van der Waals surface area contributed by atoms with Gasteiger partial charge in [0.05, 0.1) is 17.7 Å². The summed E-state index contributed by atoms with van der Waals surface area (Å²) in [5, 5.41) is 12.4. The van der Waals surface area contributed by atoms with E-state index in [-0.39, 0.29) is 30.1 Å². The van der Waals surface area contributed by atoms with E-state index in [4.69, 9.17) is 18.9 Å². The summed E-state index contributed by atoms with van der Waals surface area (Å²) in [4.78, 5) is 48.8. The van der Waals surface area contributed by atoms with Gasteiger partial charge in [0, 0.05) is 11.8 Å². The van der Waals surface area contributed by atoms with Crippen molar-refractivity contribution in [3.8, 4) is 11.5 Å². The van der Waals surface area contributed by atoms with E-state index in [2.05, 4.69) is 5.32 Å². The molecule has 0 atom stereocenters. The fraction of sp³-hybridized carbons (Fsp3) is 0.333. The number of anilines is 1. The molecule has 10 heteroatoms. The Labute approximate surface area is 269 Å². The second-order valence-electron chi connectivity index (χ2n) is 12.4. The van der Waals surface area contributed by atoms with Gasteiger partial charge in [0.15, 0.2) is 17.8 Å². The van der Waals surface area contributed by atoms with Crippen LogP contribution in [0.5, 0.6) is 11.5 Å². The second-order valence-corrected chi connectivity index (χ2v) is 12.4. The predicted octanol–water partition coefficient (Wildman–Crippen LogP) is 7.49. The second kappa shape index (κ2) is 15.7. The summed E-state index contributed by atoms with van der Waals surface area (Å²) in [6.45, 7) is 10.8. The summed E-state index contributed by atoms with van der Waals surface area (Å²) in [7, 11) is 0. The predicted molar refractivity (Wildman–Crippen MR) is 175 cm³/mol. The lowest BCUT2D eigenvalue weighted by molar-refractivity contribution is -0.148. The smallest absolute Gasteiger partial charge is 0.412 e. The van der Waals surface area contributed by atoms with Gasteiger partial charge < -0.3 is 24.1 Å². The molecule has 0 aliphatic carbocycles. The van der Waals surface area contributed by atoms with Gasteiger partial charge in [-0.2, -0.15) is 0 Å². The zero-order valence-electron chi connectivity index (χ0n) is 27.0. The molecule has 0 saturated carbocycles. The minimum atomic E-state index is -1.11. The standard InChI is InChI=1S/C36H41NO9/c1-35(2,3)45-31(39)19-15-25-14-18-30(44-23-24-11-8-7-9-12-24)32(29(25)22-38)43-20-10-13-26-21-27(16-17-28(26)33(40)41)37-34(42)46-36(4,5)6/h7-9,11-12,14-19,21-22H,10,13,20,23H2,1-6H3,(H,37,42)(H,40,41). The SMILES string of the molecule is CC(C)(C)OC(=O)C=Cc1ccc(OCc2ccccc2)c(OCCCc2cc(NC(=O)OC(C)(C)C)ccc2C(=O)O)c1C=O. The highest BCUT2D eigenvalue weighted by Crippen LogP contribution is 2.35. The van der Waals surface area contributed by atoms with Gasteiger partial charge in [-0.25, -0.2) is 14.4 Å². The van der Waals surface area contributed by atoms with Gasteiger partial charge >= 0.3 is 18.0 Å². The number of aldehydes is 1. The van der Waals surface area contributed by atoms with Crippen molar-refractivity contribution < 1.29 is 43.2 Å². The molecule has 0 fully saturated rings. The molecule has 3 aromatic rings. The number of carbonyl (C=O) groups excluding carboxylic acids is 3. The normalized spacial score (nSPS) is 11.5. The number of aryl methyl sites for hydroxylation is 1. The Hall–Kier alpha value is -5.12. The maximum atomic E-state index is 12.3. The van der Waals surface area contributed by atoms with E-state index in [1.54, 1.807) is 59.7 Å². The van der Waals surface area contributed by atoms with Crippen LogP contribution in [0.4, 0.5) is 10.5 Å². The maximum absolute atomic E-state index is 12.3. The largest absolute Gasteiger partial charge is 0.489 e. The fourth-order valence-corrected chi connectivity index (χ4v) is 4.30. The number of amides is 1. The number of nitrogens with one attached hydrogen (secondary N) is 1. The monoisotopic (exact) mass is 631 g/mol. The Morgan fingerprint density at radius 3 is 2.20 bits per heavy atom. The quantitative estimate of drug-likeness (QED) is 0.0850. The van der Waals surface area contributed by atoms with Crippen LogP contribution >= 0.6 is 0 Å². The lowest BCUT2D eigenvalue weighted by Crippen LogP contribution is -2.27. The molecule has 0 aromatic heterocycles. The third-order valence-electron chi connectivity index (χ3n) is 6.17. The zero-order chi connectivity index (χ0) is 33.9. The first kappa shape index (κ1) is 35.4. The van der Waals surface area contributed by atoms with Gasteiger partial charge in [-0.15, -0.1) is 0 Å². The van der Waals surface area contributed by atoms with E-state index >= 15 is 0 Å². The molecule has 10 nitrogen and oxygen atoms in total. The molecule has 2 N–H and O–H groups in total. The summed E-state index contributed by atoms with van der Waals surface area (Å²) in [6, 6.07) is 17.3. The molecule has 0 saturated heterocycles. The van der Waals surface area contributed by atoms with Crippen LogP contribution in [0, 0.1) is 0 Å². The highest BCUT2D eigenvalue weighted by Gasteiger charge is 2.19. The van der Waals surface area contributed by atoms with Crippen LogP contribution in [0.2, 0.25) is 0 Å². The van der Waals surface area contributed by atoms with E-state index in [1.165, 1.54) is 24.3 Å². The number of esters is 1. The van der Waals surface area contributed by atoms with Gasteiger partial charge in [0.1, 0.15) is 17.8 Å². The average molecular weight is 632 g/mol. The van der Waals surface area contributed by atoms with E-state index in [0.29, 0.717) is 41.7 Å². The van der Waals surface area contributed by atoms with E-state index < -0.39 is 29.2 Å². The number of ether oxygens (including phenoxy) is 4. The third-order valence-corrected chi connectivity index (χ3v) is 6.17. The van der Waals surface area contributed by atoms with Crippen molar-refractivity contribution in [2.24, 2.45) is 0 Å². The summed E-state index contributed by atoms with van der Waals surface area (Å²) in [5.74, 6) is -1.15. The molecule has 0 heterocycles.